The van der Waals surface area contributed by atoms with Crippen LogP contribution in [0.4, 0.5) is 4.39 Å². The number of nitrogens with zero attached hydrogens (tertiary/aromatic N) is 2. The molecule has 36 heavy (non-hydrogen) atoms. The van der Waals surface area contributed by atoms with Gasteiger partial charge in [-0.2, -0.15) is 4.31 Å². The molecular weight excluding hydrogens is 493 g/mol. The summed E-state index contributed by atoms with van der Waals surface area (Å²) in [6, 6.07) is 2.79. The minimum atomic E-state index is -3.76. The lowest BCUT2D eigenvalue weighted by atomic mass is 10.1. The number of amides is 1. The number of hydrogen-bond acceptors (Lipinski definition) is 8. The number of piperidine rings is 1. The van der Waals surface area contributed by atoms with Crippen molar-refractivity contribution in [2.45, 2.75) is 44.1 Å². The lowest BCUT2D eigenvalue weighted by molar-refractivity contribution is -0.154. The molecule has 1 saturated heterocycles. The molecule has 2 heterocycles. The van der Waals surface area contributed by atoms with E-state index in [1.165, 1.54) is 22.6 Å². The van der Waals surface area contributed by atoms with Gasteiger partial charge in [0.15, 0.2) is 0 Å². The maximum Gasteiger partial charge on any atom is 0.306 e. The van der Waals surface area contributed by atoms with E-state index in [2.05, 4.69) is 10.3 Å². The number of hydrogen-bond donors (Lipinski definition) is 1. The lowest BCUT2D eigenvalue weighted by Crippen LogP contribution is -2.36. The third-order valence-corrected chi connectivity index (χ3v) is 7.86. The molecule has 2 fully saturated rings. The van der Waals surface area contributed by atoms with Crippen molar-refractivity contribution in [3.63, 3.8) is 0 Å². The zero-order chi connectivity index (χ0) is 26.5. The van der Waals surface area contributed by atoms with Crippen LogP contribution in [0.1, 0.15) is 33.6 Å². The molecule has 1 unspecified atom stereocenters. The van der Waals surface area contributed by atoms with E-state index in [-0.39, 0.29) is 72.5 Å². The summed E-state index contributed by atoms with van der Waals surface area (Å²) in [6.45, 7) is 6.56. The van der Waals surface area contributed by atoms with E-state index in [4.69, 9.17) is 14.2 Å². The molecule has 1 amide bonds. The van der Waals surface area contributed by atoms with Crippen LogP contribution in [0.2, 0.25) is 0 Å². The number of rotatable bonds is 12. The van der Waals surface area contributed by atoms with Crippen LogP contribution in [0, 0.1) is 17.8 Å². The molecule has 0 bridgehead atoms. The molecule has 0 radical (unpaired) electrons. The van der Waals surface area contributed by atoms with Gasteiger partial charge in [-0.3, -0.25) is 9.59 Å². The van der Waals surface area contributed by atoms with Gasteiger partial charge in [-0.15, -0.1) is 0 Å². The van der Waals surface area contributed by atoms with Crippen molar-refractivity contribution in [3.05, 3.63) is 30.2 Å². The summed E-state index contributed by atoms with van der Waals surface area (Å²) in [5.74, 6) is -0.492. The van der Waals surface area contributed by atoms with Crippen LogP contribution in [-0.4, -0.2) is 75.1 Å². The van der Waals surface area contributed by atoms with Gasteiger partial charge in [0.2, 0.25) is 21.8 Å². The number of fused-ring (bicyclic) bond motifs is 1. The fraction of sp³-hybridized carbons (Fsp3) is 0.625. The fourth-order valence-corrected chi connectivity index (χ4v) is 5.66. The van der Waals surface area contributed by atoms with Crippen molar-refractivity contribution in [2.75, 3.05) is 40.0 Å². The Morgan fingerprint density at radius 2 is 1.92 bits per heavy atom. The zero-order valence-electron chi connectivity index (χ0n) is 21.0. The Hall–Kier alpha value is -2.57. The van der Waals surface area contributed by atoms with Gasteiger partial charge in [0, 0.05) is 45.1 Å². The third kappa shape index (κ3) is 7.23. The molecule has 2 aliphatic rings. The van der Waals surface area contributed by atoms with Gasteiger partial charge >= 0.3 is 5.97 Å². The van der Waals surface area contributed by atoms with Crippen LogP contribution < -0.4 is 10.1 Å². The number of carbonyl (C=O) groups is 2. The molecule has 12 heteroatoms. The number of pyridine rings is 1. The van der Waals surface area contributed by atoms with E-state index in [9.17, 15) is 22.4 Å². The Bertz CT molecular complexity index is 1060. The third-order valence-electron chi connectivity index (χ3n) is 6.05. The predicted molar refractivity (Wildman–Crippen MR) is 128 cm³/mol. The second-order valence-corrected chi connectivity index (χ2v) is 11.9. The van der Waals surface area contributed by atoms with Crippen molar-refractivity contribution in [1.29, 1.82) is 0 Å². The summed E-state index contributed by atoms with van der Waals surface area (Å²) < 4.78 is 56.1. The van der Waals surface area contributed by atoms with Gasteiger partial charge < -0.3 is 19.5 Å². The molecule has 3 rings (SSSR count). The van der Waals surface area contributed by atoms with Crippen LogP contribution in [-0.2, 0) is 29.1 Å². The Kier molecular flexibility index (Phi) is 9.07. The second-order valence-electron chi connectivity index (χ2n) is 9.93. The summed E-state index contributed by atoms with van der Waals surface area (Å²) in [5.41, 5.74) is -0.369. The van der Waals surface area contributed by atoms with E-state index < -0.39 is 21.6 Å². The monoisotopic (exact) mass is 527 g/mol. The van der Waals surface area contributed by atoms with E-state index in [0.29, 0.717) is 19.5 Å². The fourth-order valence-electron chi connectivity index (χ4n) is 4.20. The van der Waals surface area contributed by atoms with Gasteiger partial charge in [-0.1, -0.05) is 0 Å². The van der Waals surface area contributed by atoms with Crippen LogP contribution in [0.15, 0.2) is 35.1 Å². The van der Waals surface area contributed by atoms with Crippen molar-refractivity contribution in [2.24, 2.45) is 17.8 Å². The molecule has 1 aromatic rings. The summed E-state index contributed by atoms with van der Waals surface area (Å²) in [7, 11) is -2.20. The summed E-state index contributed by atoms with van der Waals surface area (Å²) in [4.78, 5) is 28.1. The molecule has 1 N–H and O–H groups in total. The summed E-state index contributed by atoms with van der Waals surface area (Å²) in [5, 5.41) is 2.81. The first-order chi connectivity index (χ1) is 17.0. The molecule has 0 aromatic carbocycles. The summed E-state index contributed by atoms with van der Waals surface area (Å²) in [6.07, 6.45) is 1.71. The molecule has 0 spiro atoms. The first-order valence-electron chi connectivity index (χ1n) is 11.8. The number of methoxy groups -OCH3 is 1. The average molecular weight is 528 g/mol. The van der Waals surface area contributed by atoms with E-state index in [0.717, 1.165) is 0 Å². The van der Waals surface area contributed by atoms with E-state index in [1.807, 2.05) is 0 Å². The Balaban J connectivity index is 1.47. The number of carbonyl (C=O) groups excluding carboxylic acids is 2. The molecule has 1 aliphatic carbocycles. The number of halogens is 1. The predicted octanol–water partition coefficient (Wildman–Crippen LogP) is 2.06. The van der Waals surface area contributed by atoms with Crippen LogP contribution >= 0.6 is 0 Å². The van der Waals surface area contributed by atoms with Gasteiger partial charge in [-0.05, 0) is 50.7 Å². The molecule has 1 aromatic heterocycles. The van der Waals surface area contributed by atoms with E-state index in [1.54, 1.807) is 27.9 Å². The molecule has 1 aliphatic heterocycles. The number of ether oxygens (including phenoxy) is 3. The van der Waals surface area contributed by atoms with Crippen molar-refractivity contribution >= 4 is 21.9 Å². The summed E-state index contributed by atoms with van der Waals surface area (Å²) >= 11 is 0. The van der Waals surface area contributed by atoms with Crippen LogP contribution in [0.5, 0.6) is 5.88 Å². The van der Waals surface area contributed by atoms with Crippen LogP contribution in [0.25, 0.3) is 0 Å². The average Bonchev–Trinajstić information content (AvgIpc) is 3.31. The second kappa shape index (κ2) is 11.7. The zero-order valence-corrected chi connectivity index (χ0v) is 21.8. The minimum absolute atomic E-state index is 0.00842. The first-order valence-corrected chi connectivity index (χ1v) is 13.3. The first kappa shape index (κ1) is 28.0. The largest absolute Gasteiger partial charge is 0.473 e. The quantitative estimate of drug-likeness (QED) is 0.324. The highest BCUT2D eigenvalue weighted by atomic mass is 32.2. The smallest absolute Gasteiger partial charge is 0.306 e. The van der Waals surface area contributed by atoms with Crippen LogP contribution in [0.3, 0.4) is 0 Å². The lowest BCUT2D eigenvalue weighted by Gasteiger charge is -2.20. The SMILES string of the molecule is COCCNC(=O)C1[C@H]2CN(S(=O)(=O)c3ccc(OCC(=CF)CCC(=O)OC(C)(C)C)nc3)C[C@@H]12. The Labute approximate surface area is 211 Å². The number of esters is 1. The van der Waals surface area contributed by atoms with Crippen molar-refractivity contribution in [3.8, 4) is 5.88 Å². The maximum absolute atomic E-state index is 13.2. The normalized spacial score (nSPS) is 22.1. The van der Waals surface area contributed by atoms with Gasteiger partial charge in [0.1, 0.15) is 17.1 Å². The highest BCUT2D eigenvalue weighted by Gasteiger charge is 2.61. The maximum atomic E-state index is 13.2. The number of aromatic nitrogens is 1. The Morgan fingerprint density at radius 3 is 2.47 bits per heavy atom. The molecule has 3 atom stereocenters. The van der Waals surface area contributed by atoms with Gasteiger partial charge in [0.05, 0.1) is 19.1 Å². The minimum Gasteiger partial charge on any atom is -0.473 e. The van der Waals surface area contributed by atoms with E-state index >= 15 is 0 Å². The number of nitrogens with one attached hydrogen (secondary N) is 1. The number of sulfonamides is 1. The molecule has 200 valence electrons. The topological polar surface area (TPSA) is 124 Å². The van der Waals surface area contributed by atoms with Gasteiger partial charge in [0.25, 0.3) is 0 Å². The molecule has 1 saturated carbocycles. The molecule has 10 nitrogen and oxygen atoms in total. The van der Waals surface area contributed by atoms with Crippen molar-refractivity contribution in [1.82, 2.24) is 14.6 Å². The highest BCUT2D eigenvalue weighted by molar-refractivity contribution is 7.89. The molecular formula is C24H34FN3O7S. The van der Waals surface area contributed by atoms with Gasteiger partial charge in [-0.25, -0.2) is 17.8 Å². The van der Waals surface area contributed by atoms with Crippen molar-refractivity contribution < 1.29 is 36.6 Å². The Morgan fingerprint density at radius 1 is 1.22 bits per heavy atom. The highest BCUT2D eigenvalue weighted by Crippen LogP contribution is 2.52. The standard InChI is InChI=1S/C24H34FN3O7S/c1-24(2,3)35-21(29)8-5-16(11-25)15-34-20-7-6-17(12-27-20)36(31,32)28-13-18-19(14-28)22(18)23(30)26-9-10-33-4/h6-7,11-12,18-19,22H,5,8-10,13-15H2,1-4H3,(H,26,30)/t18-,19+,22?.